The molecule has 0 aliphatic rings. The molecule has 1 atom stereocenters. The fraction of sp³-hybridized carbons (Fsp3) is 0.500. The van der Waals surface area contributed by atoms with Crippen LogP contribution in [-0.4, -0.2) is 7.05 Å². The van der Waals surface area contributed by atoms with Gasteiger partial charge in [0.15, 0.2) is 11.6 Å². The van der Waals surface area contributed by atoms with Gasteiger partial charge in [0.05, 0.1) is 0 Å². The maximum absolute atomic E-state index is 13.6. The molecule has 15 heavy (non-hydrogen) atoms. The zero-order valence-corrected chi connectivity index (χ0v) is 9.40. The van der Waals surface area contributed by atoms with Crippen LogP contribution in [0.25, 0.3) is 0 Å². The molecular formula is C12H17F2N. The van der Waals surface area contributed by atoms with Gasteiger partial charge in [-0.05, 0) is 26.0 Å². The van der Waals surface area contributed by atoms with Crippen LogP contribution in [0, 0.1) is 18.6 Å². The van der Waals surface area contributed by atoms with Crippen LogP contribution in [-0.2, 0) is 0 Å². The van der Waals surface area contributed by atoms with E-state index in [0.29, 0.717) is 11.1 Å². The van der Waals surface area contributed by atoms with Crippen molar-refractivity contribution < 1.29 is 8.78 Å². The second-order valence-electron chi connectivity index (χ2n) is 3.73. The molecular weight excluding hydrogens is 196 g/mol. The molecule has 1 rings (SSSR count). The Hall–Kier alpha value is -0.960. The van der Waals surface area contributed by atoms with Crippen molar-refractivity contribution in [3.8, 4) is 0 Å². The summed E-state index contributed by atoms with van der Waals surface area (Å²) in [5.41, 5.74) is 0.769. The molecule has 0 fully saturated rings. The first-order chi connectivity index (χ1) is 7.11. The molecule has 0 bridgehead atoms. The number of aryl methyl sites for hydroxylation is 1. The van der Waals surface area contributed by atoms with Crippen LogP contribution < -0.4 is 5.32 Å². The maximum atomic E-state index is 13.6. The lowest BCUT2D eigenvalue weighted by molar-refractivity contribution is 0.458. The van der Waals surface area contributed by atoms with Crippen molar-refractivity contribution in [2.24, 2.45) is 0 Å². The fourth-order valence-electron chi connectivity index (χ4n) is 1.67. The summed E-state index contributed by atoms with van der Waals surface area (Å²) in [6, 6.07) is 3.17. The van der Waals surface area contributed by atoms with Crippen molar-refractivity contribution >= 4 is 0 Å². The number of nitrogens with one attached hydrogen (secondary N) is 1. The zero-order chi connectivity index (χ0) is 11.4. The van der Waals surface area contributed by atoms with Crippen LogP contribution in [0.1, 0.15) is 36.9 Å². The van der Waals surface area contributed by atoms with E-state index in [1.54, 1.807) is 26.1 Å². The third-order valence-corrected chi connectivity index (χ3v) is 2.61. The van der Waals surface area contributed by atoms with Gasteiger partial charge in [0.25, 0.3) is 0 Å². The maximum Gasteiger partial charge on any atom is 0.163 e. The fourth-order valence-corrected chi connectivity index (χ4v) is 1.67. The summed E-state index contributed by atoms with van der Waals surface area (Å²) in [5.74, 6) is -1.45. The molecule has 0 heterocycles. The van der Waals surface area contributed by atoms with Crippen LogP contribution in [0.5, 0.6) is 0 Å². The average molecular weight is 213 g/mol. The third kappa shape index (κ3) is 2.53. The summed E-state index contributed by atoms with van der Waals surface area (Å²) >= 11 is 0. The van der Waals surface area contributed by atoms with Crippen molar-refractivity contribution in [2.45, 2.75) is 32.7 Å². The highest BCUT2D eigenvalue weighted by Crippen LogP contribution is 2.24. The second kappa shape index (κ2) is 5.21. The molecule has 1 nitrogen and oxygen atoms in total. The Morgan fingerprint density at radius 1 is 1.27 bits per heavy atom. The molecule has 0 amide bonds. The molecule has 1 unspecified atom stereocenters. The molecule has 0 aliphatic heterocycles. The van der Waals surface area contributed by atoms with Crippen molar-refractivity contribution in [1.82, 2.24) is 5.32 Å². The molecule has 84 valence electrons. The van der Waals surface area contributed by atoms with Gasteiger partial charge < -0.3 is 5.32 Å². The topological polar surface area (TPSA) is 12.0 Å². The minimum absolute atomic E-state index is 0.106. The highest BCUT2D eigenvalue weighted by Gasteiger charge is 2.17. The molecule has 0 radical (unpaired) electrons. The van der Waals surface area contributed by atoms with E-state index in [4.69, 9.17) is 0 Å². The van der Waals surface area contributed by atoms with Crippen LogP contribution in [0.3, 0.4) is 0 Å². The SMILES string of the molecule is CCCC(NC)c1ccc(C)c(F)c1F. The smallest absolute Gasteiger partial charge is 0.163 e. The molecule has 1 N–H and O–H groups in total. The summed E-state index contributed by atoms with van der Waals surface area (Å²) in [6.45, 7) is 3.59. The summed E-state index contributed by atoms with van der Waals surface area (Å²) in [6.07, 6.45) is 1.73. The number of benzene rings is 1. The zero-order valence-electron chi connectivity index (χ0n) is 9.40. The van der Waals surface area contributed by atoms with E-state index in [1.165, 1.54) is 0 Å². The summed E-state index contributed by atoms with van der Waals surface area (Å²) in [4.78, 5) is 0. The Morgan fingerprint density at radius 3 is 2.47 bits per heavy atom. The first-order valence-corrected chi connectivity index (χ1v) is 5.23. The normalized spacial score (nSPS) is 12.9. The van der Waals surface area contributed by atoms with Crippen molar-refractivity contribution in [3.63, 3.8) is 0 Å². The number of rotatable bonds is 4. The van der Waals surface area contributed by atoms with E-state index in [9.17, 15) is 8.78 Å². The predicted molar refractivity (Wildman–Crippen MR) is 57.8 cm³/mol. The van der Waals surface area contributed by atoms with Crippen molar-refractivity contribution in [2.75, 3.05) is 7.05 Å². The predicted octanol–water partition coefficient (Wildman–Crippen LogP) is 3.33. The van der Waals surface area contributed by atoms with Gasteiger partial charge in [0.1, 0.15) is 0 Å². The van der Waals surface area contributed by atoms with Crippen molar-refractivity contribution in [1.29, 1.82) is 0 Å². The monoisotopic (exact) mass is 213 g/mol. The highest BCUT2D eigenvalue weighted by atomic mass is 19.2. The number of halogens is 2. The molecule has 1 aromatic rings. The first kappa shape index (κ1) is 12.1. The summed E-state index contributed by atoms with van der Waals surface area (Å²) < 4.78 is 26.9. The lowest BCUT2D eigenvalue weighted by atomic mass is 10.0. The van der Waals surface area contributed by atoms with Crippen molar-refractivity contribution in [3.05, 3.63) is 34.9 Å². The van der Waals surface area contributed by atoms with E-state index in [2.05, 4.69) is 5.32 Å². The van der Waals surface area contributed by atoms with Crippen LogP contribution in [0.4, 0.5) is 8.78 Å². The van der Waals surface area contributed by atoms with Crippen LogP contribution in [0.2, 0.25) is 0 Å². The Bertz CT molecular complexity index is 337. The Morgan fingerprint density at radius 2 is 1.93 bits per heavy atom. The Labute approximate surface area is 89.5 Å². The molecule has 0 saturated heterocycles. The Kier molecular flexibility index (Phi) is 4.21. The summed E-state index contributed by atoms with van der Waals surface area (Å²) in [5, 5.41) is 3.00. The molecule has 0 spiro atoms. The first-order valence-electron chi connectivity index (χ1n) is 5.23. The largest absolute Gasteiger partial charge is 0.313 e. The van der Waals surface area contributed by atoms with E-state index < -0.39 is 11.6 Å². The van der Waals surface area contributed by atoms with Gasteiger partial charge in [-0.1, -0.05) is 25.5 Å². The lowest BCUT2D eigenvalue weighted by Crippen LogP contribution is -2.18. The van der Waals surface area contributed by atoms with Gasteiger partial charge in [-0.15, -0.1) is 0 Å². The van der Waals surface area contributed by atoms with Gasteiger partial charge >= 0.3 is 0 Å². The number of hydrogen-bond donors (Lipinski definition) is 1. The van der Waals surface area contributed by atoms with E-state index in [-0.39, 0.29) is 6.04 Å². The van der Waals surface area contributed by atoms with Gasteiger partial charge in [0, 0.05) is 11.6 Å². The molecule has 1 aromatic carbocycles. The lowest BCUT2D eigenvalue weighted by Gasteiger charge is -2.17. The minimum atomic E-state index is -0.733. The third-order valence-electron chi connectivity index (χ3n) is 2.61. The average Bonchev–Trinajstić information content (AvgIpc) is 2.24. The van der Waals surface area contributed by atoms with Gasteiger partial charge in [-0.25, -0.2) is 8.78 Å². The van der Waals surface area contributed by atoms with Gasteiger partial charge in [-0.3, -0.25) is 0 Å². The van der Waals surface area contributed by atoms with E-state index in [1.807, 2.05) is 6.92 Å². The molecule has 0 aromatic heterocycles. The summed E-state index contributed by atoms with van der Waals surface area (Å²) in [7, 11) is 1.76. The number of hydrogen-bond acceptors (Lipinski definition) is 1. The molecule has 0 saturated carbocycles. The highest BCUT2D eigenvalue weighted by molar-refractivity contribution is 5.27. The quantitative estimate of drug-likeness (QED) is 0.808. The van der Waals surface area contributed by atoms with E-state index >= 15 is 0 Å². The second-order valence-corrected chi connectivity index (χ2v) is 3.73. The van der Waals surface area contributed by atoms with Gasteiger partial charge in [-0.2, -0.15) is 0 Å². The van der Waals surface area contributed by atoms with E-state index in [0.717, 1.165) is 12.8 Å². The minimum Gasteiger partial charge on any atom is -0.313 e. The standard InChI is InChI=1S/C12H17F2N/c1-4-5-10(15-3)9-7-6-8(2)11(13)12(9)14/h6-7,10,15H,4-5H2,1-3H3. The van der Waals surface area contributed by atoms with Crippen LogP contribution in [0.15, 0.2) is 12.1 Å². The molecule has 0 aliphatic carbocycles. The molecule has 3 heteroatoms. The van der Waals surface area contributed by atoms with Crippen LogP contribution >= 0.6 is 0 Å². The Balaban J connectivity index is 3.07. The van der Waals surface area contributed by atoms with Gasteiger partial charge in [0.2, 0.25) is 0 Å².